The molecule has 0 aliphatic carbocycles. The van der Waals surface area contributed by atoms with Gasteiger partial charge in [-0.05, 0) is 54.1 Å². The molecule has 3 aromatic carbocycles. The standard InChI is InChI=1S/C21H16BrCl2FN2O3S/c22-15-6-9-17(10-7-15)31(29,30)27(12-14-5-8-16(23)11-18(14)24)13-21(28)26-20-4-2-1-3-19(20)25/h1-11H,12-13H2,(H,26,28). The lowest BCUT2D eigenvalue weighted by molar-refractivity contribution is -0.116. The Morgan fingerprint density at radius 2 is 1.71 bits per heavy atom. The lowest BCUT2D eigenvalue weighted by atomic mass is 10.2. The van der Waals surface area contributed by atoms with Gasteiger partial charge in [-0.1, -0.05) is 57.3 Å². The Kier molecular flexibility index (Phi) is 7.72. The van der Waals surface area contributed by atoms with E-state index in [1.54, 1.807) is 30.3 Å². The molecule has 0 aliphatic rings. The third kappa shape index (κ3) is 6.05. The van der Waals surface area contributed by atoms with E-state index in [1.807, 2.05) is 0 Å². The number of para-hydroxylation sites is 1. The van der Waals surface area contributed by atoms with Gasteiger partial charge in [0.2, 0.25) is 15.9 Å². The van der Waals surface area contributed by atoms with E-state index in [9.17, 15) is 17.6 Å². The molecule has 0 bridgehead atoms. The van der Waals surface area contributed by atoms with E-state index in [1.165, 1.54) is 36.4 Å². The smallest absolute Gasteiger partial charge is 0.243 e. The van der Waals surface area contributed by atoms with Gasteiger partial charge >= 0.3 is 0 Å². The molecule has 0 unspecified atom stereocenters. The first-order chi connectivity index (χ1) is 14.7. The molecule has 1 amide bonds. The number of nitrogens with one attached hydrogen (secondary N) is 1. The molecule has 0 aliphatic heterocycles. The normalized spacial score (nSPS) is 11.5. The quantitative estimate of drug-likeness (QED) is 0.412. The highest BCUT2D eigenvalue weighted by atomic mass is 79.9. The summed E-state index contributed by atoms with van der Waals surface area (Å²) in [5.41, 5.74) is 0.420. The lowest BCUT2D eigenvalue weighted by Crippen LogP contribution is -2.37. The largest absolute Gasteiger partial charge is 0.322 e. The third-order valence-electron chi connectivity index (χ3n) is 4.28. The first kappa shape index (κ1) is 23.7. The molecule has 0 radical (unpaired) electrons. The Hall–Kier alpha value is -1.97. The van der Waals surface area contributed by atoms with Crippen LogP contribution in [0.2, 0.25) is 10.0 Å². The van der Waals surface area contributed by atoms with Crippen LogP contribution in [0, 0.1) is 5.82 Å². The van der Waals surface area contributed by atoms with Crippen LogP contribution >= 0.6 is 39.1 Å². The molecule has 0 aromatic heterocycles. The SMILES string of the molecule is O=C(CN(Cc1ccc(Cl)cc1Cl)S(=O)(=O)c1ccc(Br)cc1)Nc1ccccc1F. The van der Waals surface area contributed by atoms with Crippen molar-refractivity contribution in [2.75, 3.05) is 11.9 Å². The van der Waals surface area contributed by atoms with Gasteiger partial charge in [-0.3, -0.25) is 4.79 Å². The van der Waals surface area contributed by atoms with Gasteiger partial charge in [-0.15, -0.1) is 0 Å². The van der Waals surface area contributed by atoms with Gasteiger partial charge < -0.3 is 5.32 Å². The Balaban J connectivity index is 1.92. The van der Waals surface area contributed by atoms with Crippen molar-refractivity contribution in [2.24, 2.45) is 0 Å². The zero-order valence-electron chi connectivity index (χ0n) is 15.9. The third-order valence-corrected chi connectivity index (χ3v) is 7.20. The minimum atomic E-state index is -4.07. The minimum absolute atomic E-state index is 0.000484. The fraction of sp³-hybridized carbons (Fsp3) is 0.0952. The maximum absolute atomic E-state index is 13.9. The van der Waals surface area contributed by atoms with Crippen molar-refractivity contribution in [2.45, 2.75) is 11.4 Å². The average Bonchev–Trinajstić information content (AvgIpc) is 2.71. The van der Waals surface area contributed by atoms with Gasteiger partial charge in [0.15, 0.2) is 0 Å². The van der Waals surface area contributed by atoms with E-state index in [0.29, 0.717) is 15.1 Å². The Morgan fingerprint density at radius 1 is 1.03 bits per heavy atom. The summed E-state index contributed by atoms with van der Waals surface area (Å²) in [5, 5.41) is 3.06. The van der Waals surface area contributed by atoms with Crippen LogP contribution in [0.15, 0.2) is 76.1 Å². The van der Waals surface area contributed by atoms with Gasteiger partial charge in [0, 0.05) is 21.1 Å². The van der Waals surface area contributed by atoms with Crippen molar-refractivity contribution in [3.05, 3.63) is 92.6 Å². The Morgan fingerprint density at radius 3 is 2.35 bits per heavy atom. The number of anilines is 1. The molecule has 0 heterocycles. The molecular formula is C21H16BrCl2FN2O3S. The summed E-state index contributed by atoms with van der Waals surface area (Å²) >= 11 is 15.4. The van der Waals surface area contributed by atoms with Crippen molar-refractivity contribution in [3.8, 4) is 0 Å². The number of hydrogen-bond acceptors (Lipinski definition) is 3. The summed E-state index contributed by atoms with van der Waals surface area (Å²) < 4.78 is 42.1. The van der Waals surface area contributed by atoms with Gasteiger partial charge in [-0.25, -0.2) is 12.8 Å². The summed E-state index contributed by atoms with van der Waals surface area (Å²) in [6, 6.07) is 16.3. The van der Waals surface area contributed by atoms with Crippen LogP contribution in [0.5, 0.6) is 0 Å². The fourth-order valence-corrected chi connectivity index (χ4v) is 4.84. The van der Waals surface area contributed by atoms with Crippen LogP contribution in [-0.2, 0) is 21.4 Å². The number of carbonyl (C=O) groups excluding carboxylic acids is 1. The average molecular weight is 546 g/mol. The summed E-state index contributed by atoms with van der Waals surface area (Å²) in [7, 11) is -4.07. The van der Waals surface area contributed by atoms with Crippen molar-refractivity contribution in [3.63, 3.8) is 0 Å². The van der Waals surface area contributed by atoms with Gasteiger partial charge in [-0.2, -0.15) is 4.31 Å². The monoisotopic (exact) mass is 544 g/mol. The van der Waals surface area contributed by atoms with E-state index in [4.69, 9.17) is 23.2 Å². The van der Waals surface area contributed by atoms with Crippen molar-refractivity contribution >= 4 is 60.7 Å². The Bertz CT molecular complexity index is 1210. The van der Waals surface area contributed by atoms with Crippen molar-refractivity contribution < 1.29 is 17.6 Å². The number of benzene rings is 3. The summed E-state index contributed by atoms with van der Waals surface area (Å²) in [6.45, 7) is -0.731. The van der Waals surface area contributed by atoms with E-state index >= 15 is 0 Å². The lowest BCUT2D eigenvalue weighted by Gasteiger charge is -2.22. The molecule has 31 heavy (non-hydrogen) atoms. The van der Waals surface area contributed by atoms with E-state index < -0.39 is 28.3 Å². The highest BCUT2D eigenvalue weighted by Gasteiger charge is 2.28. The number of carbonyl (C=O) groups is 1. The second-order valence-electron chi connectivity index (χ2n) is 6.49. The molecule has 0 saturated heterocycles. The molecule has 3 rings (SSSR count). The molecule has 0 atom stereocenters. The molecule has 1 N–H and O–H groups in total. The zero-order chi connectivity index (χ0) is 22.6. The molecular weight excluding hydrogens is 530 g/mol. The number of hydrogen-bond donors (Lipinski definition) is 1. The molecule has 162 valence electrons. The van der Waals surface area contributed by atoms with Crippen LogP contribution in [0.1, 0.15) is 5.56 Å². The summed E-state index contributed by atoms with van der Waals surface area (Å²) in [6.07, 6.45) is 0. The molecule has 0 spiro atoms. The first-order valence-corrected chi connectivity index (χ1v) is 11.9. The van der Waals surface area contributed by atoms with Crippen LogP contribution in [0.25, 0.3) is 0 Å². The molecule has 5 nitrogen and oxygen atoms in total. The summed E-state index contributed by atoms with van der Waals surface area (Å²) in [4.78, 5) is 12.6. The predicted octanol–water partition coefficient (Wildman–Crippen LogP) is 5.72. The summed E-state index contributed by atoms with van der Waals surface area (Å²) in [5.74, 6) is -1.32. The zero-order valence-corrected chi connectivity index (χ0v) is 19.8. The number of sulfonamides is 1. The second kappa shape index (κ2) is 10.1. The fourth-order valence-electron chi connectivity index (χ4n) is 2.73. The van der Waals surface area contributed by atoms with Gasteiger partial charge in [0.25, 0.3) is 0 Å². The van der Waals surface area contributed by atoms with E-state index in [2.05, 4.69) is 21.2 Å². The van der Waals surface area contributed by atoms with E-state index in [0.717, 1.165) is 4.31 Å². The number of rotatable bonds is 7. The van der Waals surface area contributed by atoms with Crippen molar-refractivity contribution in [1.29, 1.82) is 0 Å². The Labute approximate surface area is 198 Å². The van der Waals surface area contributed by atoms with Crippen LogP contribution in [0.3, 0.4) is 0 Å². The minimum Gasteiger partial charge on any atom is -0.322 e. The highest BCUT2D eigenvalue weighted by Crippen LogP contribution is 2.26. The van der Waals surface area contributed by atoms with Gasteiger partial charge in [0.1, 0.15) is 5.82 Å². The van der Waals surface area contributed by atoms with Crippen molar-refractivity contribution in [1.82, 2.24) is 4.31 Å². The highest BCUT2D eigenvalue weighted by molar-refractivity contribution is 9.10. The van der Waals surface area contributed by atoms with Crippen LogP contribution < -0.4 is 5.32 Å². The first-order valence-electron chi connectivity index (χ1n) is 8.91. The topological polar surface area (TPSA) is 66.5 Å². The molecule has 3 aromatic rings. The maximum atomic E-state index is 13.9. The molecule has 0 saturated carbocycles. The second-order valence-corrected chi connectivity index (χ2v) is 10.2. The predicted molar refractivity (Wildman–Crippen MR) is 123 cm³/mol. The van der Waals surface area contributed by atoms with Crippen LogP contribution in [0.4, 0.5) is 10.1 Å². The number of amides is 1. The van der Waals surface area contributed by atoms with Crippen LogP contribution in [-0.4, -0.2) is 25.2 Å². The van der Waals surface area contributed by atoms with E-state index in [-0.39, 0.29) is 22.2 Å². The molecule has 10 heteroatoms. The number of halogens is 4. The molecule has 0 fully saturated rings. The maximum Gasteiger partial charge on any atom is 0.243 e. The number of nitrogens with zero attached hydrogens (tertiary/aromatic N) is 1. The van der Waals surface area contributed by atoms with Gasteiger partial charge in [0.05, 0.1) is 17.1 Å².